The number of aliphatic carboxylic acids is 1. The van der Waals surface area contributed by atoms with E-state index in [2.05, 4.69) is 15.5 Å². The fourth-order valence-electron chi connectivity index (χ4n) is 1.80. The van der Waals surface area contributed by atoms with Crippen LogP contribution in [0.1, 0.15) is 12.0 Å². The first-order valence-corrected chi connectivity index (χ1v) is 7.43. The first-order valence-electron chi connectivity index (χ1n) is 6.55. The molecule has 0 bridgehead atoms. The SMILES string of the molecule is COc1ccc(/C=N/C2=NNC(=O)C(CC(=O)O)S2)cc1OC. The van der Waals surface area contributed by atoms with Crippen LogP contribution in [0.5, 0.6) is 11.5 Å². The van der Waals surface area contributed by atoms with Crippen molar-refractivity contribution in [2.24, 2.45) is 10.1 Å². The van der Waals surface area contributed by atoms with Gasteiger partial charge in [0.25, 0.3) is 5.91 Å². The van der Waals surface area contributed by atoms with Crippen LogP contribution in [-0.2, 0) is 9.59 Å². The van der Waals surface area contributed by atoms with E-state index in [-0.39, 0.29) is 11.6 Å². The molecule has 1 heterocycles. The lowest BCUT2D eigenvalue weighted by atomic mass is 10.2. The molecule has 0 aromatic heterocycles. The quantitative estimate of drug-likeness (QED) is 0.779. The van der Waals surface area contributed by atoms with E-state index in [9.17, 15) is 9.59 Å². The van der Waals surface area contributed by atoms with Crippen molar-refractivity contribution in [3.63, 3.8) is 0 Å². The maximum absolute atomic E-state index is 11.5. The van der Waals surface area contributed by atoms with Crippen LogP contribution in [-0.4, -0.2) is 47.8 Å². The van der Waals surface area contributed by atoms with Crippen molar-refractivity contribution in [1.82, 2.24) is 5.43 Å². The average Bonchev–Trinajstić information content (AvgIpc) is 2.54. The van der Waals surface area contributed by atoms with Gasteiger partial charge in [0.2, 0.25) is 5.17 Å². The average molecular weight is 337 g/mol. The number of nitrogens with zero attached hydrogens (tertiary/aromatic N) is 2. The molecule has 9 heteroatoms. The molecule has 23 heavy (non-hydrogen) atoms. The number of hydrogen-bond acceptors (Lipinski definition) is 7. The largest absolute Gasteiger partial charge is 0.493 e. The van der Waals surface area contributed by atoms with Gasteiger partial charge in [-0.15, -0.1) is 5.10 Å². The molecule has 122 valence electrons. The number of carbonyl (C=O) groups excluding carboxylic acids is 1. The summed E-state index contributed by atoms with van der Waals surface area (Å²) >= 11 is 1.01. The van der Waals surface area contributed by atoms with Crippen molar-refractivity contribution in [3.05, 3.63) is 23.8 Å². The topological polar surface area (TPSA) is 110 Å². The number of thioether (sulfide) groups is 1. The third-order valence-electron chi connectivity index (χ3n) is 2.89. The van der Waals surface area contributed by atoms with Crippen molar-refractivity contribution in [2.45, 2.75) is 11.7 Å². The van der Waals surface area contributed by atoms with Crippen LogP contribution in [0.3, 0.4) is 0 Å². The summed E-state index contributed by atoms with van der Waals surface area (Å²) in [5.41, 5.74) is 3.02. The summed E-state index contributed by atoms with van der Waals surface area (Å²) in [6, 6.07) is 5.26. The highest BCUT2D eigenvalue weighted by atomic mass is 32.2. The lowest BCUT2D eigenvalue weighted by molar-refractivity contribution is -0.138. The van der Waals surface area contributed by atoms with E-state index in [0.29, 0.717) is 11.5 Å². The summed E-state index contributed by atoms with van der Waals surface area (Å²) in [5.74, 6) is -0.334. The molecule has 1 amide bonds. The number of carboxylic acids is 1. The van der Waals surface area contributed by atoms with Crippen molar-refractivity contribution in [1.29, 1.82) is 0 Å². The van der Waals surface area contributed by atoms with E-state index in [1.165, 1.54) is 7.11 Å². The van der Waals surface area contributed by atoms with Crippen LogP contribution in [0.15, 0.2) is 28.3 Å². The second-order valence-corrected chi connectivity index (χ2v) is 5.62. The highest BCUT2D eigenvalue weighted by Gasteiger charge is 2.27. The van der Waals surface area contributed by atoms with Gasteiger partial charge in [-0.25, -0.2) is 10.4 Å². The maximum Gasteiger partial charge on any atom is 0.305 e. The van der Waals surface area contributed by atoms with Gasteiger partial charge in [-0.2, -0.15) is 0 Å². The molecule has 1 aliphatic heterocycles. The monoisotopic (exact) mass is 337 g/mol. The third-order valence-corrected chi connectivity index (χ3v) is 3.97. The number of carboxylic acid groups (broad SMARTS) is 1. The zero-order chi connectivity index (χ0) is 16.8. The summed E-state index contributed by atoms with van der Waals surface area (Å²) < 4.78 is 10.3. The highest BCUT2D eigenvalue weighted by molar-refractivity contribution is 8.15. The summed E-state index contributed by atoms with van der Waals surface area (Å²) in [6.45, 7) is 0. The minimum atomic E-state index is -1.05. The van der Waals surface area contributed by atoms with Gasteiger partial charge in [-0.05, 0) is 23.8 Å². The molecular formula is C14H15N3O5S. The van der Waals surface area contributed by atoms with Crippen molar-refractivity contribution in [3.8, 4) is 11.5 Å². The second kappa shape index (κ2) is 7.63. The van der Waals surface area contributed by atoms with Gasteiger partial charge in [0.1, 0.15) is 5.25 Å². The van der Waals surface area contributed by atoms with Gasteiger partial charge in [-0.1, -0.05) is 11.8 Å². The van der Waals surface area contributed by atoms with Crippen LogP contribution < -0.4 is 14.9 Å². The Balaban J connectivity index is 2.11. The number of benzene rings is 1. The van der Waals surface area contributed by atoms with Gasteiger partial charge in [0, 0.05) is 6.21 Å². The zero-order valence-corrected chi connectivity index (χ0v) is 13.3. The molecule has 0 saturated carbocycles. The number of hydrogen-bond donors (Lipinski definition) is 2. The molecule has 0 saturated heterocycles. The highest BCUT2D eigenvalue weighted by Crippen LogP contribution is 2.27. The number of amides is 1. The number of amidine groups is 1. The normalized spacial score (nSPS) is 17.6. The molecule has 0 aliphatic carbocycles. The van der Waals surface area contributed by atoms with E-state index < -0.39 is 17.1 Å². The number of nitrogens with one attached hydrogen (secondary N) is 1. The summed E-state index contributed by atoms with van der Waals surface area (Å²) in [5, 5.41) is 12.1. The predicted octanol–water partition coefficient (Wildman–Crippen LogP) is 1.10. The van der Waals surface area contributed by atoms with E-state index in [1.807, 2.05) is 0 Å². The first-order chi connectivity index (χ1) is 11.0. The Kier molecular flexibility index (Phi) is 5.58. The number of aliphatic imine (C=N–C) groups is 1. The van der Waals surface area contributed by atoms with E-state index in [4.69, 9.17) is 14.6 Å². The lowest BCUT2D eigenvalue weighted by Gasteiger charge is -2.16. The molecular weight excluding hydrogens is 322 g/mol. The fraction of sp³-hybridized carbons (Fsp3) is 0.286. The Bertz CT molecular complexity index is 674. The van der Waals surface area contributed by atoms with E-state index >= 15 is 0 Å². The first kappa shape index (κ1) is 16.8. The van der Waals surface area contributed by atoms with Crippen LogP contribution in [0, 0.1) is 0 Å². The Labute approximate surface area is 136 Å². The molecule has 1 aromatic rings. The van der Waals surface area contributed by atoms with Gasteiger partial charge >= 0.3 is 5.97 Å². The van der Waals surface area contributed by atoms with E-state index in [0.717, 1.165) is 17.3 Å². The molecule has 0 spiro atoms. The smallest absolute Gasteiger partial charge is 0.305 e. The molecule has 1 aliphatic rings. The molecule has 1 atom stereocenters. The maximum atomic E-state index is 11.5. The molecule has 1 unspecified atom stereocenters. The number of carbonyl (C=O) groups is 2. The molecule has 1 aromatic carbocycles. The van der Waals surface area contributed by atoms with Crippen LogP contribution in [0.25, 0.3) is 0 Å². The Morgan fingerprint density at radius 2 is 2.17 bits per heavy atom. The number of methoxy groups -OCH3 is 2. The summed E-state index contributed by atoms with van der Waals surface area (Å²) in [7, 11) is 3.08. The third kappa shape index (κ3) is 4.46. The van der Waals surface area contributed by atoms with Gasteiger partial charge in [0.15, 0.2) is 11.5 Å². The van der Waals surface area contributed by atoms with Crippen LogP contribution in [0.4, 0.5) is 0 Å². The van der Waals surface area contributed by atoms with Gasteiger partial charge in [-0.3, -0.25) is 9.59 Å². The van der Waals surface area contributed by atoms with E-state index in [1.54, 1.807) is 31.5 Å². The van der Waals surface area contributed by atoms with Crippen LogP contribution >= 0.6 is 11.8 Å². The molecule has 0 fully saturated rings. The Hall–Kier alpha value is -2.55. The number of rotatable bonds is 5. The molecule has 2 N–H and O–H groups in total. The van der Waals surface area contributed by atoms with Crippen LogP contribution in [0.2, 0.25) is 0 Å². The zero-order valence-electron chi connectivity index (χ0n) is 12.5. The Morgan fingerprint density at radius 1 is 1.43 bits per heavy atom. The fourth-order valence-corrected chi connectivity index (χ4v) is 2.65. The van der Waals surface area contributed by atoms with Crippen molar-refractivity contribution in [2.75, 3.05) is 14.2 Å². The Morgan fingerprint density at radius 3 is 2.83 bits per heavy atom. The molecule has 8 nitrogen and oxygen atoms in total. The summed E-state index contributed by atoms with van der Waals surface area (Å²) in [6.07, 6.45) is 1.25. The van der Waals surface area contributed by atoms with Crippen molar-refractivity contribution >= 4 is 35.0 Å². The summed E-state index contributed by atoms with van der Waals surface area (Å²) in [4.78, 5) is 26.4. The van der Waals surface area contributed by atoms with Gasteiger partial charge < -0.3 is 14.6 Å². The minimum Gasteiger partial charge on any atom is -0.493 e. The van der Waals surface area contributed by atoms with Crippen molar-refractivity contribution < 1.29 is 24.2 Å². The second-order valence-electron chi connectivity index (χ2n) is 4.45. The lowest BCUT2D eigenvalue weighted by Crippen LogP contribution is -2.35. The predicted molar refractivity (Wildman–Crippen MR) is 86.3 cm³/mol. The number of hydrazone groups is 1. The minimum absolute atomic E-state index is 0.283. The standard InChI is InChI=1S/C14H15N3O5S/c1-21-9-4-3-8(5-10(9)22-2)7-15-14-17-16-13(20)11(23-14)6-12(18)19/h3-5,7,11H,6H2,1-2H3,(H,16,20)(H,18,19)/b15-7+. The number of ether oxygens (including phenoxy) is 2. The molecule has 0 radical (unpaired) electrons. The molecule has 2 rings (SSSR count). The van der Waals surface area contributed by atoms with Gasteiger partial charge in [0.05, 0.1) is 20.6 Å².